The van der Waals surface area contributed by atoms with Crippen molar-refractivity contribution in [2.75, 3.05) is 6.61 Å². The van der Waals surface area contributed by atoms with Crippen molar-refractivity contribution in [1.29, 1.82) is 0 Å². The molecule has 3 nitrogen and oxygen atoms in total. The number of hydrogen-bond donors (Lipinski definition) is 1. The zero-order chi connectivity index (χ0) is 14.9. The van der Waals surface area contributed by atoms with Gasteiger partial charge in [0.05, 0.1) is 25.9 Å². The Kier molecular flexibility index (Phi) is 6.41. The highest BCUT2D eigenvalue weighted by atomic mass is 16.5. The van der Waals surface area contributed by atoms with Gasteiger partial charge in [0.2, 0.25) is 0 Å². The zero-order valence-electron chi connectivity index (χ0n) is 12.3. The summed E-state index contributed by atoms with van der Waals surface area (Å²) in [5, 5.41) is 9.78. The second kappa shape index (κ2) is 8.57. The third kappa shape index (κ3) is 5.68. The second-order valence-electron chi connectivity index (χ2n) is 5.08. The van der Waals surface area contributed by atoms with Gasteiger partial charge in [0, 0.05) is 0 Å². The molecule has 21 heavy (non-hydrogen) atoms. The minimum absolute atomic E-state index is 0.325. The normalized spacial score (nSPS) is 13.8. The first-order chi connectivity index (χ1) is 10.3. The highest BCUT2D eigenvalue weighted by molar-refractivity contribution is 5.14. The maximum absolute atomic E-state index is 9.78. The van der Waals surface area contributed by atoms with Crippen LogP contribution in [0.4, 0.5) is 0 Å². The summed E-state index contributed by atoms with van der Waals surface area (Å²) in [4.78, 5) is 0. The first-order valence-electron chi connectivity index (χ1n) is 7.21. The molecule has 0 amide bonds. The Balaban J connectivity index is 1.77. The molecule has 0 unspecified atom stereocenters. The van der Waals surface area contributed by atoms with Crippen LogP contribution in [0.15, 0.2) is 60.7 Å². The lowest BCUT2D eigenvalue weighted by molar-refractivity contribution is -0.0833. The van der Waals surface area contributed by atoms with E-state index in [1.165, 1.54) is 0 Å². The summed E-state index contributed by atoms with van der Waals surface area (Å²) >= 11 is 0. The van der Waals surface area contributed by atoms with Gasteiger partial charge in [-0.05, 0) is 18.1 Å². The molecule has 0 aromatic heterocycles. The van der Waals surface area contributed by atoms with Crippen LogP contribution in [-0.2, 0) is 22.7 Å². The van der Waals surface area contributed by atoms with Crippen molar-refractivity contribution in [2.24, 2.45) is 0 Å². The maximum atomic E-state index is 9.78. The van der Waals surface area contributed by atoms with Gasteiger partial charge in [-0.15, -0.1) is 0 Å². The van der Waals surface area contributed by atoms with E-state index in [2.05, 4.69) is 0 Å². The molecule has 0 spiro atoms. The van der Waals surface area contributed by atoms with Gasteiger partial charge in [-0.3, -0.25) is 0 Å². The summed E-state index contributed by atoms with van der Waals surface area (Å²) in [6.45, 7) is 3.10. The quantitative estimate of drug-likeness (QED) is 0.810. The molecule has 2 atom stereocenters. The maximum Gasteiger partial charge on any atom is 0.107 e. The van der Waals surface area contributed by atoms with Crippen molar-refractivity contribution in [1.82, 2.24) is 0 Å². The Morgan fingerprint density at radius 3 is 1.90 bits per heavy atom. The Hall–Kier alpha value is -1.68. The smallest absolute Gasteiger partial charge is 0.107 e. The molecule has 0 saturated carbocycles. The number of rotatable bonds is 8. The highest BCUT2D eigenvalue weighted by Crippen LogP contribution is 2.08. The van der Waals surface area contributed by atoms with Gasteiger partial charge in [0.15, 0.2) is 0 Å². The summed E-state index contributed by atoms with van der Waals surface area (Å²) < 4.78 is 11.4. The molecule has 112 valence electrons. The average molecular weight is 286 g/mol. The molecule has 1 N–H and O–H groups in total. The highest BCUT2D eigenvalue weighted by Gasteiger charge is 2.16. The van der Waals surface area contributed by atoms with Crippen molar-refractivity contribution in [2.45, 2.75) is 32.3 Å². The number of aliphatic hydroxyl groups excluding tert-OH is 1. The number of aliphatic hydroxyl groups is 1. The van der Waals surface area contributed by atoms with E-state index in [9.17, 15) is 5.11 Å². The van der Waals surface area contributed by atoms with E-state index in [-0.39, 0.29) is 6.10 Å². The van der Waals surface area contributed by atoms with Crippen molar-refractivity contribution >= 4 is 0 Å². The molecule has 2 rings (SSSR count). The molecule has 0 aliphatic carbocycles. The summed E-state index contributed by atoms with van der Waals surface area (Å²) in [7, 11) is 0. The second-order valence-corrected chi connectivity index (χ2v) is 5.08. The van der Waals surface area contributed by atoms with E-state index in [4.69, 9.17) is 9.47 Å². The van der Waals surface area contributed by atoms with E-state index in [0.29, 0.717) is 19.8 Å². The lowest BCUT2D eigenvalue weighted by Gasteiger charge is -2.20. The minimum atomic E-state index is -0.565. The molecule has 0 radical (unpaired) electrons. The van der Waals surface area contributed by atoms with Crippen LogP contribution >= 0.6 is 0 Å². The van der Waals surface area contributed by atoms with Crippen molar-refractivity contribution in [3.8, 4) is 0 Å². The fourth-order valence-electron chi connectivity index (χ4n) is 1.97. The van der Waals surface area contributed by atoms with Crippen molar-refractivity contribution < 1.29 is 14.6 Å². The summed E-state index contributed by atoms with van der Waals surface area (Å²) in [5.41, 5.74) is 2.20. The minimum Gasteiger partial charge on any atom is -0.391 e. The predicted octanol–water partition coefficient (Wildman–Crippen LogP) is 3.17. The van der Waals surface area contributed by atoms with Crippen LogP contribution in [0.1, 0.15) is 18.1 Å². The van der Waals surface area contributed by atoms with Crippen LogP contribution in [0, 0.1) is 0 Å². The SMILES string of the molecule is C[C@@H](O)[C@H](COCc1ccccc1)OCc1ccccc1. The number of benzene rings is 2. The fourth-order valence-corrected chi connectivity index (χ4v) is 1.97. The molecule has 3 heteroatoms. The fraction of sp³-hybridized carbons (Fsp3) is 0.333. The largest absolute Gasteiger partial charge is 0.391 e. The van der Waals surface area contributed by atoms with Crippen LogP contribution in [-0.4, -0.2) is 23.9 Å². The van der Waals surface area contributed by atoms with Crippen molar-refractivity contribution in [3.63, 3.8) is 0 Å². The molecule has 0 bridgehead atoms. The average Bonchev–Trinajstić information content (AvgIpc) is 2.52. The molecule has 0 heterocycles. The van der Waals surface area contributed by atoms with Crippen LogP contribution in [0.25, 0.3) is 0 Å². The predicted molar refractivity (Wildman–Crippen MR) is 82.8 cm³/mol. The Morgan fingerprint density at radius 2 is 1.38 bits per heavy atom. The molecule has 0 aliphatic rings. The third-order valence-corrected chi connectivity index (χ3v) is 3.24. The Bertz CT molecular complexity index is 496. The van der Waals surface area contributed by atoms with Crippen LogP contribution in [0.5, 0.6) is 0 Å². The van der Waals surface area contributed by atoms with Crippen LogP contribution < -0.4 is 0 Å². The molecular weight excluding hydrogens is 264 g/mol. The molecule has 0 saturated heterocycles. The lowest BCUT2D eigenvalue weighted by atomic mass is 10.2. The Morgan fingerprint density at radius 1 is 0.857 bits per heavy atom. The summed E-state index contributed by atoms with van der Waals surface area (Å²) in [5.74, 6) is 0. The van der Waals surface area contributed by atoms with Gasteiger partial charge in [-0.1, -0.05) is 60.7 Å². The molecule has 2 aromatic carbocycles. The first-order valence-corrected chi connectivity index (χ1v) is 7.21. The van der Waals surface area contributed by atoms with E-state index in [1.807, 2.05) is 60.7 Å². The van der Waals surface area contributed by atoms with Crippen LogP contribution in [0.2, 0.25) is 0 Å². The molecule has 2 aromatic rings. The monoisotopic (exact) mass is 286 g/mol. The first kappa shape index (κ1) is 15.7. The van der Waals surface area contributed by atoms with Crippen LogP contribution in [0.3, 0.4) is 0 Å². The van der Waals surface area contributed by atoms with Crippen molar-refractivity contribution in [3.05, 3.63) is 71.8 Å². The lowest BCUT2D eigenvalue weighted by Crippen LogP contribution is -2.31. The third-order valence-electron chi connectivity index (χ3n) is 3.24. The molecular formula is C18H22O3. The van der Waals surface area contributed by atoms with Gasteiger partial charge < -0.3 is 14.6 Å². The van der Waals surface area contributed by atoms with Gasteiger partial charge in [-0.2, -0.15) is 0 Å². The van der Waals surface area contributed by atoms with Gasteiger partial charge in [-0.25, -0.2) is 0 Å². The van der Waals surface area contributed by atoms with E-state index in [1.54, 1.807) is 6.92 Å². The standard InChI is InChI=1S/C18H22O3/c1-15(19)18(21-13-17-10-6-3-7-11-17)14-20-12-16-8-4-2-5-9-16/h2-11,15,18-19H,12-14H2,1H3/t15-,18+/m1/s1. The molecule has 0 fully saturated rings. The number of ether oxygens (including phenoxy) is 2. The Labute approximate surface area is 126 Å². The topological polar surface area (TPSA) is 38.7 Å². The van der Waals surface area contributed by atoms with Gasteiger partial charge in [0.25, 0.3) is 0 Å². The van der Waals surface area contributed by atoms with Gasteiger partial charge >= 0.3 is 0 Å². The zero-order valence-corrected chi connectivity index (χ0v) is 12.3. The summed E-state index contributed by atoms with van der Waals surface area (Å²) in [6, 6.07) is 19.9. The summed E-state index contributed by atoms with van der Waals surface area (Å²) in [6.07, 6.45) is -0.890. The van der Waals surface area contributed by atoms with E-state index >= 15 is 0 Å². The molecule has 0 aliphatic heterocycles. The van der Waals surface area contributed by atoms with E-state index in [0.717, 1.165) is 11.1 Å². The van der Waals surface area contributed by atoms with E-state index < -0.39 is 6.10 Å². The number of hydrogen-bond acceptors (Lipinski definition) is 3. The van der Waals surface area contributed by atoms with Gasteiger partial charge in [0.1, 0.15) is 6.10 Å².